The molecule has 0 radical (unpaired) electrons. The first-order valence-corrected chi connectivity index (χ1v) is 9.24. The maximum Gasteiger partial charge on any atom is 0.416 e. The minimum absolute atomic E-state index is 0.174. The molecule has 3 N–H and O–H groups in total. The van der Waals surface area contributed by atoms with Gasteiger partial charge in [0.25, 0.3) is 0 Å². The summed E-state index contributed by atoms with van der Waals surface area (Å²) in [6, 6.07) is 7.78. The van der Waals surface area contributed by atoms with E-state index in [1.54, 1.807) is 10.6 Å². The molecule has 154 valence electrons. The lowest BCUT2D eigenvalue weighted by atomic mass is 10.2. The monoisotopic (exact) mass is 433 g/mol. The number of imidazole rings is 1. The van der Waals surface area contributed by atoms with E-state index in [2.05, 4.69) is 25.3 Å². The van der Waals surface area contributed by atoms with Gasteiger partial charge in [0.15, 0.2) is 5.65 Å². The Labute approximate surface area is 173 Å². The number of nitrogens with one attached hydrogen (secondary N) is 1. The van der Waals surface area contributed by atoms with Crippen molar-refractivity contribution < 1.29 is 13.2 Å². The summed E-state index contributed by atoms with van der Waals surface area (Å²) < 4.78 is 40.0. The van der Waals surface area contributed by atoms with Gasteiger partial charge in [0.1, 0.15) is 17.5 Å². The number of nitrogen functional groups attached to an aromatic ring is 1. The molecule has 11 heteroatoms. The van der Waals surface area contributed by atoms with E-state index in [-0.39, 0.29) is 11.8 Å². The van der Waals surface area contributed by atoms with Crippen LogP contribution in [-0.4, -0.2) is 24.5 Å². The van der Waals surface area contributed by atoms with Crippen molar-refractivity contribution in [3.05, 3.63) is 59.0 Å². The topological polar surface area (TPSA) is 94.5 Å². The Hall–Kier alpha value is -3.40. The predicted octanol–water partition coefficient (Wildman–Crippen LogP) is 4.77. The van der Waals surface area contributed by atoms with E-state index in [0.29, 0.717) is 39.9 Å². The number of fused-ring (bicyclic) bond motifs is 1. The van der Waals surface area contributed by atoms with Crippen LogP contribution in [0.25, 0.3) is 17.1 Å². The number of benzene rings is 1. The molecule has 1 aromatic carbocycles. The number of alkyl halides is 3. The highest BCUT2D eigenvalue weighted by Crippen LogP contribution is 2.30. The summed E-state index contributed by atoms with van der Waals surface area (Å²) in [6.07, 6.45) is -2.33. The second-order valence-electron chi connectivity index (χ2n) is 6.39. The molecule has 30 heavy (non-hydrogen) atoms. The van der Waals surface area contributed by atoms with Gasteiger partial charge in [-0.05, 0) is 30.3 Å². The third-order valence-corrected chi connectivity index (χ3v) is 4.49. The molecule has 0 saturated carbocycles. The maximum atomic E-state index is 12.8. The summed E-state index contributed by atoms with van der Waals surface area (Å²) in [5.74, 6) is 1.39. The van der Waals surface area contributed by atoms with Crippen molar-refractivity contribution in [3.8, 4) is 5.95 Å². The number of pyridine rings is 1. The molecule has 0 bridgehead atoms. The molecule has 4 aromatic rings. The molecule has 0 spiro atoms. The molecule has 3 heterocycles. The zero-order valence-electron chi connectivity index (χ0n) is 15.6. The summed E-state index contributed by atoms with van der Waals surface area (Å²) in [5.41, 5.74) is 6.73. The highest BCUT2D eigenvalue weighted by molar-refractivity contribution is 6.31. The zero-order chi connectivity index (χ0) is 21.5. The fourth-order valence-electron chi connectivity index (χ4n) is 2.95. The molecule has 0 aliphatic carbocycles. The Balaban J connectivity index is 1.74. The molecular weight excluding hydrogens is 419 g/mol. The molecular formula is C19H15ClF3N7. The molecule has 4 rings (SSSR count). The van der Waals surface area contributed by atoms with Gasteiger partial charge in [-0.2, -0.15) is 23.1 Å². The highest BCUT2D eigenvalue weighted by Gasteiger charge is 2.30. The van der Waals surface area contributed by atoms with Crippen LogP contribution in [0.3, 0.4) is 0 Å². The average Bonchev–Trinajstić information content (AvgIpc) is 3.05. The average molecular weight is 434 g/mol. The number of aryl methyl sites for hydroxylation is 1. The Morgan fingerprint density at radius 3 is 2.50 bits per heavy atom. The van der Waals surface area contributed by atoms with Gasteiger partial charge in [-0.25, -0.2) is 9.97 Å². The van der Waals surface area contributed by atoms with E-state index >= 15 is 0 Å². The van der Waals surface area contributed by atoms with Gasteiger partial charge in [-0.3, -0.25) is 4.57 Å². The largest absolute Gasteiger partial charge is 0.416 e. The number of nitrogens with zero attached hydrogens (tertiary/aromatic N) is 5. The second-order valence-corrected chi connectivity index (χ2v) is 6.83. The SMILES string of the molecule is CCc1nc2ncc(Cl)cc2n1-c1nc(N)cc(Nc2ccc(C(F)(F)F)cc2)n1. The molecule has 0 saturated heterocycles. The van der Waals surface area contributed by atoms with Crippen molar-refractivity contribution in [2.75, 3.05) is 11.1 Å². The molecule has 0 aliphatic heterocycles. The Bertz CT molecular complexity index is 1220. The van der Waals surface area contributed by atoms with Gasteiger partial charge in [-0.15, -0.1) is 0 Å². The van der Waals surface area contributed by atoms with Crippen LogP contribution < -0.4 is 11.1 Å². The van der Waals surface area contributed by atoms with Crippen LogP contribution in [0.4, 0.5) is 30.5 Å². The molecule has 3 aromatic heterocycles. The van der Waals surface area contributed by atoms with Gasteiger partial charge >= 0.3 is 6.18 Å². The number of anilines is 3. The van der Waals surface area contributed by atoms with Gasteiger partial charge in [0.2, 0.25) is 5.95 Å². The Morgan fingerprint density at radius 2 is 1.83 bits per heavy atom. The first kappa shape index (κ1) is 19.9. The van der Waals surface area contributed by atoms with E-state index < -0.39 is 11.7 Å². The molecule has 0 fully saturated rings. The van der Waals surface area contributed by atoms with Gasteiger partial charge in [0.05, 0.1) is 16.1 Å². The van der Waals surface area contributed by atoms with Crippen LogP contribution in [-0.2, 0) is 12.6 Å². The fraction of sp³-hybridized carbons (Fsp3) is 0.158. The number of hydrogen-bond donors (Lipinski definition) is 2. The third-order valence-electron chi connectivity index (χ3n) is 4.28. The molecule has 0 atom stereocenters. The van der Waals surface area contributed by atoms with Crippen molar-refractivity contribution >= 4 is 40.1 Å². The number of nitrogens with two attached hydrogens (primary N) is 1. The minimum Gasteiger partial charge on any atom is -0.383 e. The van der Waals surface area contributed by atoms with E-state index in [4.69, 9.17) is 17.3 Å². The highest BCUT2D eigenvalue weighted by atomic mass is 35.5. The lowest BCUT2D eigenvalue weighted by Crippen LogP contribution is -2.09. The normalized spacial score (nSPS) is 11.8. The van der Waals surface area contributed by atoms with Crippen molar-refractivity contribution in [2.24, 2.45) is 0 Å². The number of hydrogen-bond acceptors (Lipinski definition) is 6. The summed E-state index contributed by atoms with van der Waals surface area (Å²) in [5, 5.41) is 3.38. The van der Waals surface area contributed by atoms with Gasteiger partial charge in [0, 0.05) is 24.4 Å². The predicted molar refractivity (Wildman–Crippen MR) is 108 cm³/mol. The van der Waals surface area contributed by atoms with Crippen LogP contribution in [0.5, 0.6) is 0 Å². The Kier molecular flexibility index (Phi) is 4.94. The summed E-state index contributed by atoms with van der Waals surface area (Å²) in [7, 11) is 0. The van der Waals surface area contributed by atoms with Crippen molar-refractivity contribution in [1.82, 2.24) is 24.5 Å². The van der Waals surface area contributed by atoms with Crippen molar-refractivity contribution in [2.45, 2.75) is 19.5 Å². The number of aromatic nitrogens is 5. The summed E-state index contributed by atoms with van der Waals surface area (Å²) >= 11 is 6.08. The standard InChI is InChI=1S/C19H15ClF3N7/c1-2-16-29-17-13(7-11(20)9-25-17)30(16)18-27-14(24)8-15(28-18)26-12-5-3-10(4-6-12)19(21,22)23/h3-9H,2H2,1H3,(H3,24,26,27,28). The Morgan fingerprint density at radius 1 is 1.10 bits per heavy atom. The van der Waals surface area contributed by atoms with Crippen molar-refractivity contribution in [1.29, 1.82) is 0 Å². The summed E-state index contributed by atoms with van der Waals surface area (Å²) in [6.45, 7) is 1.92. The first-order valence-electron chi connectivity index (χ1n) is 8.86. The quantitative estimate of drug-likeness (QED) is 0.481. The second kappa shape index (κ2) is 7.45. The van der Waals surface area contributed by atoms with E-state index in [1.165, 1.54) is 24.4 Å². The smallest absolute Gasteiger partial charge is 0.383 e. The zero-order valence-corrected chi connectivity index (χ0v) is 16.3. The van der Waals surface area contributed by atoms with Gasteiger partial charge < -0.3 is 11.1 Å². The lowest BCUT2D eigenvalue weighted by molar-refractivity contribution is -0.137. The first-order chi connectivity index (χ1) is 14.2. The number of halogens is 4. The van der Waals surface area contributed by atoms with E-state index in [1.807, 2.05) is 6.92 Å². The number of rotatable bonds is 4. The van der Waals surface area contributed by atoms with Crippen LogP contribution in [0.1, 0.15) is 18.3 Å². The van der Waals surface area contributed by atoms with Crippen LogP contribution in [0, 0.1) is 0 Å². The maximum absolute atomic E-state index is 12.8. The van der Waals surface area contributed by atoms with E-state index in [0.717, 1.165) is 12.1 Å². The van der Waals surface area contributed by atoms with Gasteiger partial charge in [-0.1, -0.05) is 18.5 Å². The van der Waals surface area contributed by atoms with E-state index in [9.17, 15) is 13.2 Å². The molecule has 7 nitrogen and oxygen atoms in total. The van der Waals surface area contributed by atoms with Crippen LogP contribution in [0.2, 0.25) is 5.02 Å². The summed E-state index contributed by atoms with van der Waals surface area (Å²) in [4.78, 5) is 17.4. The molecule has 0 unspecified atom stereocenters. The fourth-order valence-corrected chi connectivity index (χ4v) is 3.10. The third kappa shape index (κ3) is 3.86. The van der Waals surface area contributed by atoms with Crippen molar-refractivity contribution in [3.63, 3.8) is 0 Å². The lowest BCUT2D eigenvalue weighted by Gasteiger charge is -2.12. The minimum atomic E-state index is -4.40. The van der Waals surface area contributed by atoms with Crippen LogP contribution in [0.15, 0.2) is 42.6 Å². The van der Waals surface area contributed by atoms with Crippen LogP contribution >= 0.6 is 11.6 Å². The molecule has 0 aliphatic rings. The molecule has 0 amide bonds.